The van der Waals surface area contributed by atoms with Crippen molar-refractivity contribution in [3.8, 4) is 10.6 Å². The molecule has 0 fully saturated rings. The zero-order valence-corrected chi connectivity index (χ0v) is 11.5. The third-order valence-electron chi connectivity index (χ3n) is 2.88. The molecular formula is C12H9BrN2OS. The fraction of sp³-hybridized carbons (Fsp3) is 0.167. The first-order valence-corrected chi connectivity index (χ1v) is 6.83. The number of fused-ring (bicyclic) bond motifs is 1. The molecule has 17 heavy (non-hydrogen) atoms. The first-order valence-electron chi connectivity index (χ1n) is 5.16. The van der Waals surface area contributed by atoms with Gasteiger partial charge in [-0.25, -0.2) is 4.98 Å². The lowest BCUT2D eigenvalue weighted by atomic mass is 10.1. The maximum Gasteiger partial charge on any atom is 0.231 e. The van der Waals surface area contributed by atoms with E-state index in [0.29, 0.717) is 6.42 Å². The van der Waals surface area contributed by atoms with Crippen LogP contribution in [0.1, 0.15) is 5.56 Å². The van der Waals surface area contributed by atoms with E-state index in [1.807, 2.05) is 24.6 Å². The molecule has 1 aromatic carbocycles. The molecule has 3 rings (SSSR count). The molecule has 0 atom stereocenters. The maximum absolute atomic E-state index is 11.6. The Balaban J connectivity index is 2.06. The third-order valence-corrected chi connectivity index (χ3v) is 4.48. The molecule has 0 N–H and O–H groups in total. The summed E-state index contributed by atoms with van der Waals surface area (Å²) >= 11 is 4.94. The van der Waals surface area contributed by atoms with Gasteiger partial charge < -0.3 is 4.90 Å². The second kappa shape index (κ2) is 3.92. The summed E-state index contributed by atoms with van der Waals surface area (Å²) in [7, 11) is 1.81. The Morgan fingerprint density at radius 3 is 3.00 bits per heavy atom. The summed E-state index contributed by atoms with van der Waals surface area (Å²) in [4.78, 5) is 17.7. The van der Waals surface area contributed by atoms with E-state index in [9.17, 15) is 4.79 Å². The molecule has 1 aliphatic heterocycles. The minimum atomic E-state index is 0.150. The minimum Gasteiger partial charge on any atom is -0.315 e. The molecule has 3 nitrogen and oxygen atoms in total. The van der Waals surface area contributed by atoms with Crippen molar-refractivity contribution in [1.82, 2.24) is 4.98 Å². The number of rotatable bonds is 1. The van der Waals surface area contributed by atoms with Gasteiger partial charge in [-0.1, -0.05) is 0 Å². The van der Waals surface area contributed by atoms with Gasteiger partial charge in [-0.05, 0) is 39.7 Å². The van der Waals surface area contributed by atoms with Gasteiger partial charge in [0, 0.05) is 23.7 Å². The molecular weight excluding hydrogens is 300 g/mol. The number of halogens is 1. The molecule has 1 amide bonds. The number of benzene rings is 1. The number of carbonyl (C=O) groups excluding carboxylic acids is 1. The molecule has 2 heterocycles. The quantitative estimate of drug-likeness (QED) is 0.811. The summed E-state index contributed by atoms with van der Waals surface area (Å²) in [5, 5.41) is 2.93. The van der Waals surface area contributed by atoms with Crippen LogP contribution in [0.5, 0.6) is 0 Å². The fourth-order valence-electron chi connectivity index (χ4n) is 1.99. The maximum atomic E-state index is 11.6. The number of hydrogen-bond donors (Lipinski definition) is 0. The van der Waals surface area contributed by atoms with Crippen molar-refractivity contribution in [3.05, 3.63) is 33.7 Å². The van der Waals surface area contributed by atoms with E-state index >= 15 is 0 Å². The van der Waals surface area contributed by atoms with Gasteiger partial charge in [0.1, 0.15) is 9.61 Å². The van der Waals surface area contributed by atoms with E-state index in [4.69, 9.17) is 0 Å². The van der Waals surface area contributed by atoms with Crippen LogP contribution in [-0.4, -0.2) is 17.9 Å². The number of carbonyl (C=O) groups is 1. The predicted molar refractivity (Wildman–Crippen MR) is 72.4 cm³/mol. The lowest BCUT2D eigenvalue weighted by Gasteiger charge is -2.09. The zero-order chi connectivity index (χ0) is 12.0. The third kappa shape index (κ3) is 1.79. The summed E-state index contributed by atoms with van der Waals surface area (Å²) in [6.07, 6.45) is 0.492. The summed E-state index contributed by atoms with van der Waals surface area (Å²) in [6.45, 7) is 0. The van der Waals surface area contributed by atoms with Gasteiger partial charge in [-0.2, -0.15) is 0 Å². The molecule has 5 heteroatoms. The Labute approximate surface area is 111 Å². The number of hydrogen-bond acceptors (Lipinski definition) is 3. The Morgan fingerprint density at radius 2 is 2.29 bits per heavy atom. The highest BCUT2D eigenvalue weighted by atomic mass is 79.9. The van der Waals surface area contributed by atoms with Crippen molar-refractivity contribution in [3.63, 3.8) is 0 Å². The van der Waals surface area contributed by atoms with Crippen molar-refractivity contribution >= 4 is 38.9 Å². The molecule has 0 saturated heterocycles. The molecule has 0 saturated carbocycles. The van der Waals surface area contributed by atoms with Crippen LogP contribution < -0.4 is 4.90 Å². The molecule has 1 aromatic heterocycles. The van der Waals surface area contributed by atoms with Crippen LogP contribution in [0.2, 0.25) is 0 Å². The van der Waals surface area contributed by atoms with E-state index < -0.39 is 0 Å². The number of likely N-dealkylation sites (N-methyl/N-ethyl adjacent to an activating group) is 1. The Hall–Kier alpha value is -1.20. The number of nitrogens with zero attached hydrogens (tertiary/aromatic N) is 2. The van der Waals surface area contributed by atoms with Gasteiger partial charge in [0.15, 0.2) is 0 Å². The summed E-state index contributed by atoms with van der Waals surface area (Å²) < 4.78 is 0.853. The highest BCUT2D eigenvalue weighted by Gasteiger charge is 2.24. The standard InChI is InChI=1S/C12H9BrN2OS/c1-15-9-3-2-7(4-8(9)5-11(15)16)12-14-10(13)6-17-12/h2-4,6H,5H2,1H3. The topological polar surface area (TPSA) is 33.2 Å². The van der Waals surface area contributed by atoms with Crippen LogP contribution in [0.4, 0.5) is 5.69 Å². The first kappa shape index (κ1) is 10.9. The van der Waals surface area contributed by atoms with E-state index in [2.05, 4.69) is 27.0 Å². The Kier molecular flexibility index (Phi) is 2.52. The van der Waals surface area contributed by atoms with Crippen molar-refractivity contribution < 1.29 is 4.79 Å². The summed E-state index contributed by atoms with van der Waals surface area (Å²) in [5.41, 5.74) is 3.17. The molecule has 2 aromatic rings. The van der Waals surface area contributed by atoms with Gasteiger partial charge in [0.05, 0.1) is 6.42 Å². The van der Waals surface area contributed by atoms with Crippen LogP contribution >= 0.6 is 27.3 Å². The lowest BCUT2D eigenvalue weighted by molar-refractivity contribution is -0.117. The SMILES string of the molecule is CN1C(=O)Cc2cc(-c3nc(Br)cs3)ccc21. The zero-order valence-electron chi connectivity index (χ0n) is 9.11. The van der Waals surface area contributed by atoms with Crippen LogP contribution in [0, 0.1) is 0 Å². The Bertz CT molecular complexity index is 608. The molecule has 86 valence electrons. The number of amides is 1. The average molecular weight is 309 g/mol. The van der Waals surface area contributed by atoms with E-state index in [-0.39, 0.29) is 5.91 Å². The summed E-state index contributed by atoms with van der Waals surface area (Å²) in [5.74, 6) is 0.150. The van der Waals surface area contributed by atoms with Crippen molar-refractivity contribution in [1.29, 1.82) is 0 Å². The molecule has 0 bridgehead atoms. The molecule has 1 aliphatic rings. The van der Waals surface area contributed by atoms with Crippen LogP contribution in [-0.2, 0) is 11.2 Å². The van der Waals surface area contributed by atoms with Crippen molar-refractivity contribution in [2.24, 2.45) is 0 Å². The Morgan fingerprint density at radius 1 is 1.47 bits per heavy atom. The number of anilines is 1. The largest absolute Gasteiger partial charge is 0.315 e. The van der Waals surface area contributed by atoms with Crippen LogP contribution in [0.15, 0.2) is 28.2 Å². The van der Waals surface area contributed by atoms with Crippen LogP contribution in [0.25, 0.3) is 10.6 Å². The normalized spacial score (nSPS) is 14.2. The van der Waals surface area contributed by atoms with E-state index in [0.717, 1.165) is 26.4 Å². The second-order valence-electron chi connectivity index (χ2n) is 3.95. The highest BCUT2D eigenvalue weighted by molar-refractivity contribution is 9.10. The van der Waals surface area contributed by atoms with Crippen molar-refractivity contribution in [2.75, 3.05) is 11.9 Å². The average Bonchev–Trinajstić information content (AvgIpc) is 2.85. The van der Waals surface area contributed by atoms with E-state index in [1.165, 1.54) is 0 Å². The second-order valence-corrected chi connectivity index (χ2v) is 5.62. The van der Waals surface area contributed by atoms with Gasteiger partial charge >= 0.3 is 0 Å². The molecule has 0 radical (unpaired) electrons. The van der Waals surface area contributed by atoms with Gasteiger partial charge in [0.2, 0.25) is 5.91 Å². The fourth-order valence-corrected chi connectivity index (χ4v) is 3.24. The first-order chi connectivity index (χ1) is 8.15. The molecule has 0 aliphatic carbocycles. The smallest absolute Gasteiger partial charge is 0.231 e. The van der Waals surface area contributed by atoms with Gasteiger partial charge in [-0.15, -0.1) is 11.3 Å². The number of thiazole rings is 1. The van der Waals surface area contributed by atoms with Gasteiger partial charge in [-0.3, -0.25) is 4.79 Å². The van der Waals surface area contributed by atoms with Crippen molar-refractivity contribution in [2.45, 2.75) is 6.42 Å². The predicted octanol–water partition coefficient (Wildman–Crippen LogP) is 3.09. The van der Waals surface area contributed by atoms with E-state index in [1.54, 1.807) is 16.2 Å². The summed E-state index contributed by atoms with van der Waals surface area (Å²) in [6, 6.07) is 6.06. The number of aromatic nitrogens is 1. The monoisotopic (exact) mass is 308 g/mol. The van der Waals surface area contributed by atoms with Gasteiger partial charge in [0.25, 0.3) is 0 Å². The highest BCUT2D eigenvalue weighted by Crippen LogP contribution is 2.33. The lowest BCUT2D eigenvalue weighted by Crippen LogP contribution is -2.20. The van der Waals surface area contributed by atoms with Crippen LogP contribution in [0.3, 0.4) is 0 Å². The minimum absolute atomic E-state index is 0.150. The molecule has 0 unspecified atom stereocenters. The molecule has 0 spiro atoms.